The summed E-state index contributed by atoms with van der Waals surface area (Å²) in [5.41, 5.74) is 0.222. The number of carbonyl (C=O) groups excluding carboxylic acids is 1. The van der Waals surface area contributed by atoms with Gasteiger partial charge in [0.2, 0.25) is 5.91 Å². The summed E-state index contributed by atoms with van der Waals surface area (Å²) in [6.45, 7) is 12.1. The van der Waals surface area contributed by atoms with Crippen LogP contribution in [0.25, 0.3) is 0 Å². The largest absolute Gasteiger partial charge is 0.325 e. The quantitative estimate of drug-likeness (QED) is 0.609. The Bertz CT molecular complexity index is 314. The first-order valence-corrected chi connectivity index (χ1v) is 9.01. The van der Waals surface area contributed by atoms with E-state index in [4.69, 9.17) is 0 Å². The van der Waals surface area contributed by atoms with Gasteiger partial charge in [-0.3, -0.25) is 10.1 Å². The summed E-state index contributed by atoms with van der Waals surface area (Å²) >= 11 is 0. The zero-order valence-corrected chi connectivity index (χ0v) is 14.9. The highest BCUT2D eigenvalue weighted by Crippen LogP contribution is 2.28. The SMILES string of the molecule is CCCCCC(C)(C)CN1C(=O)C(CCCC)NC1CC. The van der Waals surface area contributed by atoms with Gasteiger partial charge in [-0.25, -0.2) is 0 Å². The summed E-state index contributed by atoms with van der Waals surface area (Å²) in [7, 11) is 0. The second kappa shape index (κ2) is 8.77. The minimum atomic E-state index is 0.0568. The Morgan fingerprint density at radius 3 is 2.33 bits per heavy atom. The van der Waals surface area contributed by atoms with Crippen molar-refractivity contribution in [2.45, 2.75) is 98.2 Å². The Balaban J connectivity index is 2.60. The van der Waals surface area contributed by atoms with Crippen LogP contribution in [-0.4, -0.2) is 29.6 Å². The monoisotopic (exact) mass is 296 g/mol. The van der Waals surface area contributed by atoms with E-state index in [1.807, 2.05) is 0 Å². The number of hydrogen-bond donors (Lipinski definition) is 1. The third-order valence-corrected chi connectivity index (χ3v) is 4.64. The third kappa shape index (κ3) is 5.61. The lowest BCUT2D eigenvalue weighted by Crippen LogP contribution is -2.42. The van der Waals surface area contributed by atoms with Gasteiger partial charge in [0, 0.05) is 6.54 Å². The maximum absolute atomic E-state index is 12.7. The van der Waals surface area contributed by atoms with Crippen LogP contribution in [0, 0.1) is 5.41 Å². The maximum Gasteiger partial charge on any atom is 0.241 e. The molecule has 0 bridgehead atoms. The molecule has 0 radical (unpaired) electrons. The average Bonchev–Trinajstić information content (AvgIpc) is 2.73. The van der Waals surface area contributed by atoms with Gasteiger partial charge in [-0.1, -0.05) is 66.7 Å². The van der Waals surface area contributed by atoms with Crippen LogP contribution < -0.4 is 5.32 Å². The summed E-state index contributed by atoms with van der Waals surface area (Å²) in [6.07, 6.45) is 9.55. The molecule has 0 spiro atoms. The molecule has 1 aliphatic rings. The van der Waals surface area contributed by atoms with Gasteiger partial charge >= 0.3 is 0 Å². The van der Waals surface area contributed by atoms with Gasteiger partial charge in [0.05, 0.1) is 12.2 Å². The van der Waals surface area contributed by atoms with Crippen molar-refractivity contribution in [2.24, 2.45) is 5.41 Å². The molecule has 0 aromatic carbocycles. The van der Waals surface area contributed by atoms with Gasteiger partial charge in [-0.15, -0.1) is 0 Å². The molecule has 21 heavy (non-hydrogen) atoms. The molecule has 2 atom stereocenters. The number of carbonyl (C=O) groups is 1. The van der Waals surface area contributed by atoms with Gasteiger partial charge in [-0.2, -0.15) is 0 Å². The Kier molecular flexibility index (Phi) is 7.72. The number of amides is 1. The summed E-state index contributed by atoms with van der Waals surface area (Å²) in [5.74, 6) is 0.332. The molecule has 1 aliphatic heterocycles. The summed E-state index contributed by atoms with van der Waals surface area (Å²) in [4.78, 5) is 14.8. The smallest absolute Gasteiger partial charge is 0.241 e. The number of nitrogens with zero attached hydrogens (tertiary/aromatic N) is 1. The molecule has 2 unspecified atom stereocenters. The van der Waals surface area contributed by atoms with E-state index in [1.165, 1.54) is 25.7 Å². The number of nitrogens with one attached hydrogen (secondary N) is 1. The first-order chi connectivity index (χ1) is 9.95. The van der Waals surface area contributed by atoms with Crippen molar-refractivity contribution in [2.75, 3.05) is 6.54 Å². The van der Waals surface area contributed by atoms with Crippen molar-refractivity contribution in [1.29, 1.82) is 0 Å². The molecule has 1 rings (SSSR count). The molecule has 0 aromatic rings. The van der Waals surface area contributed by atoms with E-state index < -0.39 is 0 Å². The van der Waals surface area contributed by atoms with Crippen molar-refractivity contribution in [1.82, 2.24) is 10.2 Å². The topological polar surface area (TPSA) is 32.3 Å². The van der Waals surface area contributed by atoms with Crippen molar-refractivity contribution in [3.63, 3.8) is 0 Å². The minimum absolute atomic E-state index is 0.0568. The van der Waals surface area contributed by atoms with Gasteiger partial charge < -0.3 is 4.90 Å². The van der Waals surface area contributed by atoms with Gasteiger partial charge in [0.15, 0.2) is 0 Å². The van der Waals surface area contributed by atoms with Crippen LogP contribution in [0.4, 0.5) is 0 Å². The average molecular weight is 296 g/mol. The highest BCUT2D eigenvalue weighted by molar-refractivity contribution is 5.84. The predicted molar refractivity (Wildman–Crippen MR) is 90.2 cm³/mol. The molecule has 0 saturated carbocycles. The standard InChI is InChI=1S/C18H36N2O/c1-6-9-11-13-18(4,5)14-20-16(8-3)19-15(17(20)21)12-10-7-2/h15-16,19H,6-14H2,1-5H3. The molecular formula is C18H36N2O. The first kappa shape index (κ1) is 18.5. The summed E-state index contributed by atoms with van der Waals surface area (Å²) < 4.78 is 0. The van der Waals surface area contributed by atoms with Gasteiger partial charge in [-0.05, 0) is 24.7 Å². The molecule has 3 nitrogen and oxygen atoms in total. The fourth-order valence-electron chi connectivity index (χ4n) is 3.28. The van der Waals surface area contributed by atoms with Gasteiger partial charge in [0.1, 0.15) is 0 Å². The molecule has 3 heteroatoms. The minimum Gasteiger partial charge on any atom is -0.325 e. The van der Waals surface area contributed by atoms with Crippen LogP contribution in [0.15, 0.2) is 0 Å². The summed E-state index contributed by atoms with van der Waals surface area (Å²) in [6, 6.07) is 0.0568. The lowest BCUT2D eigenvalue weighted by molar-refractivity contribution is -0.131. The second-order valence-corrected chi connectivity index (χ2v) is 7.37. The number of unbranched alkanes of at least 4 members (excludes halogenated alkanes) is 3. The van der Waals surface area contributed by atoms with Crippen LogP contribution in [0.1, 0.15) is 86.0 Å². The van der Waals surface area contributed by atoms with E-state index in [-0.39, 0.29) is 17.6 Å². The van der Waals surface area contributed by atoms with Crippen molar-refractivity contribution in [3.05, 3.63) is 0 Å². The Morgan fingerprint density at radius 2 is 1.76 bits per heavy atom. The Labute approximate surface area is 131 Å². The van der Waals surface area contributed by atoms with Crippen molar-refractivity contribution >= 4 is 5.91 Å². The van der Waals surface area contributed by atoms with E-state index in [0.717, 1.165) is 32.2 Å². The molecule has 1 N–H and O–H groups in total. The van der Waals surface area contributed by atoms with E-state index in [0.29, 0.717) is 5.91 Å². The molecule has 1 heterocycles. The van der Waals surface area contributed by atoms with Crippen LogP contribution >= 0.6 is 0 Å². The zero-order valence-electron chi connectivity index (χ0n) is 14.9. The summed E-state index contributed by atoms with van der Waals surface area (Å²) in [5, 5.41) is 3.54. The predicted octanol–water partition coefficient (Wildman–Crippen LogP) is 4.32. The molecule has 1 amide bonds. The molecule has 0 aromatic heterocycles. The van der Waals surface area contributed by atoms with Gasteiger partial charge in [0.25, 0.3) is 0 Å². The van der Waals surface area contributed by atoms with E-state index in [1.54, 1.807) is 0 Å². The van der Waals surface area contributed by atoms with Crippen molar-refractivity contribution < 1.29 is 4.79 Å². The number of rotatable bonds is 10. The van der Waals surface area contributed by atoms with E-state index in [9.17, 15) is 4.79 Å². The highest BCUT2D eigenvalue weighted by atomic mass is 16.2. The fraction of sp³-hybridized carbons (Fsp3) is 0.944. The Hall–Kier alpha value is -0.570. The second-order valence-electron chi connectivity index (χ2n) is 7.37. The molecule has 124 valence electrons. The molecule has 1 saturated heterocycles. The molecule has 0 aliphatic carbocycles. The third-order valence-electron chi connectivity index (χ3n) is 4.64. The first-order valence-electron chi connectivity index (χ1n) is 9.01. The van der Waals surface area contributed by atoms with Crippen LogP contribution in [0.2, 0.25) is 0 Å². The fourth-order valence-corrected chi connectivity index (χ4v) is 3.28. The van der Waals surface area contributed by atoms with E-state index >= 15 is 0 Å². The highest BCUT2D eigenvalue weighted by Gasteiger charge is 2.39. The van der Waals surface area contributed by atoms with E-state index in [2.05, 4.69) is 44.8 Å². The van der Waals surface area contributed by atoms with Crippen LogP contribution in [0.5, 0.6) is 0 Å². The lowest BCUT2D eigenvalue weighted by atomic mass is 9.86. The molecular weight excluding hydrogens is 260 g/mol. The zero-order chi connectivity index (χ0) is 15.9. The maximum atomic E-state index is 12.7. The lowest BCUT2D eigenvalue weighted by Gasteiger charge is -2.33. The Morgan fingerprint density at radius 1 is 1.10 bits per heavy atom. The van der Waals surface area contributed by atoms with Crippen LogP contribution in [-0.2, 0) is 4.79 Å². The van der Waals surface area contributed by atoms with Crippen molar-refractivity contribution in [3.8, 4) is 0 Å². The van der Waals surface area contributed by atoms with Crippen LogP contribution in [0.3, 0.4) is 0 Å². The normalized spacial score (nSPS) is 23.1. The molecule has 1 fully saturated rings. The number of hydrogen-bond acceptors (Lipinski definition) is 2.